The van der Waals surface area contributed by atoms with E-state index < -0.39 is 12.0 Å². The maximum Gasteiger partial charge on any atom is 0.338 e. The summed E-state index contributed by atoms with van der Waals surface area (Å²) in [5, 5.41) is 14.9. The Morgan fingerprint density at radius 3 is 2.37 bits per heavy atom. The van der Waals surface area contributed by atoms with Crippen molar-refractivity contribution in [1.29, 1.82) is 0 Å². The number of tetrazole rings is 1. The summed E-state index contributed by atoms with van der Waals surface area (Å²) >= 11 is 0. The van der Waals surface area contributed by atoms with E-state index in [1.54, 1.807) is 12.1 Å². The highest BCUT2D eigenvalue weighted by Crippen LogP contribution is 2.44. The number of esters is 1. The molecule has 0 radical (unpaired) electrons. The lowest BCUT2D eigenvalue weighted by Crippen LogP contribution is -2.30. The molecule has 27 heavy (non-hydrogen) atoms. The van der Waals surface area contributed by atoms with E-state index in [9.17, 15) is 4.79 Å². The molecule has 10 heteroatoms. The quantitative estimate of drug-likeness (QED) is 0.752. The first-order valence-electron chi connectivity index (χ1n) is 8.25. The minimum Gasteiger partial charge on any atom is -0.496 e. The van der Waals surface area contributed by atoms with E-state index in [0.29, 0.717) is 46.5 Å². The second-order valence-electron chi connectivity index (χ2n) is 5.66. The van der Waals surface area contributed by atoms with Crippen LogP contribution in [0.1, 0.15) is 24.9 Å². The summed E-state index contributed by atoms with van der Waals surface area (Å²) in [6, 6.07) is 2.78. The lowest BCUT2D eigenvalue weighted by molar-refractivity contribution is -0.136. The van der Waals surface area contributed by atoms with E-state index in [0.717, 1.165) is 0 Å². The molecule has 2 aromatic rings. The first kappa shape index (κ1) is 18.5. The number of fused-ring (bicyclic) bond motifs is 1. The summed E-state index contributed by atoms with van der Waals surface area (Å²) in [5.41, 5.74) is 1.70. The minimum atomic E-state index is -0.659. The third kappa shape index (κ3) is 3.03. The van der Waals surface area contributed by atoms with Crippen LogP contribution in [-0.4, -0.2) is 54.6 Å². The van der Waals surface area contributed by atoms with Crippen LogP contribution in [0.5, 0.6) is 17.2 Å². The van der Waals surface area contributed by atoms with E-state index in [4.69, 9.17) is 18.9 Å². The average molecular weight is 375 g/mol. The summed E-state index contributed by atoms with van der Waals surface area (Å²) in [6.07, 6.45) is 0.559. The fourth-order valence-corrected chi connectivity index (χ4v) is 3.12. The van der Waals surface area contributed by atoms with Crippen LogP contribution in [0.25, 0.3) is 0 Å². The summed E-state index contributed by atoms with van der Waals surface area (Å²) < 4.78 is 22.9. The number of hydrogen-bond donors (Lipinski definition) is 1. The zero-order valence-electron chi connectivity index (χ0n) is 15.8. The second kappa shape index (κ2) is 7.52. The van der Waals surface area contributed by atoms with E-state index in [-0.39, 0.29) is 0 Å². The summed E-state index contributed by atoms with van der Waals surface area (Å²) in [4.78, 5) is 12.6. The van der Waals surface area contributed by atoms with Crippen LogP contribution in [-0.2, 0) is 9.53 Å². The first-order valence-corrected chi connectivity index (χ1v) is 8.25. The van der Waals surface area contributed by atoms with Gasteiger partial charge in [0.1, 0.15) is 11.8 Å². The van der Waals surface area contributed by atoms with Gasteiger partial charge in [0.2, 0.25) is 5.95 Å². The van der Waals surface area contributed by atoms with Crippen molar-refractivity contribution in [3.63, 3.8) is 0 Å². The number of hydrogen-bond acceptors (Lipinski definition) is 9. The molecule has 0 spiro atoms. The zero-order chi connectivity index (χ0) is 19.6. The molecular weight excluding hydrogens is 354 g/mol. The third-order valence-electron chi connectivity index (χ3n) is 4.39. The monoisotopic (exact) mass is 375 g/mol. The van der Waals surface area contributed by atoms with E-state index >= 15 is 0 Å². The number of ether oxygens (including phenoxy) is 4. The topological polar surface area (TPSA) is 110 Å². The minimum absolute atomic E-state index is 0.394. The van der Waals surface area contributed by atoms with Gasteiger partial charge in [-0.3, -0.25) is 0 Å². The molecule has 3 rings (SSSR count). The van der Waals surface area contributed by atoms with Crippen molar-refractivity contribution in [2.24, 2.45) is 0 Å². The Labute approximate surface area is 156 Å². The fourth-order valence-electron chi connectivity index (χ4n) is 3.12. The number of nitrogens with one attached hydrogen (secondary N) is 1. The Morgan fingerprint density at radius 1 is 1.11 bits per heavy atom. The van der Waals surface area contributed by atoms with E-state index in [1.165, 1.54) is 33.1 Å². The highest BCUT2D eigenvalue weighted by molar-refractivity contribution is 5.92. The molecule has 144 valence electrons. The molecule has 1 aliphatic heterocycles. The van der Waals surface area contributed by atoms with Crippen molar-refractivity contribution in [3.8, 4) is 17.2 Å². The Balaban J connectivity index is 2.30. The van der Waals surface area contributed by atoms with Gasteiger partial charge in [-0.05, 0) is 22.9 Å². The second-order valence-corrected chi connectivity index (χ2v) is 5.66. The smallest absolute Gasteiger partial charge is 0.338 e. The standard InChI is InChI=1S/C17H21N5O5/c1-6-10-14(16(23)27-5)15(22-17(18-10)19-20-21-22)9-7-12(25-3)13(26-4)8-11(9)24-2/h7-8,15H,6H2,1-5H3,(H,18,19,21)/t15-/m0/s1. The molecule has 1 atom stereocenters. The van der Waals surface area contributed by atoms with Crippen molar-refractivity contribution >= 4 is 11.9 Å². The van der Waals surface area contributed by atoms with Gasteiger partial charge in [0.15, 0.2) is 11.5 Å². The van der Waals surface area contributed by atoms with Gasteiger partial charge in [0.25, 0.3) is 0 Å². The third-order valence-corrected chi connectivity index (χ3v) is 4.39. The lowest BCUT2D eigenvalue weighted by atomic mass is 9.93. The maximum atomic E-state index is 12.6. The van der Waals surface area contributed by atoms with Gasteiger partial charge in [-0.2, -0.15) is 4.68 Å². The van der Waals surface area contributed by atoms with Crippen LogP contribution in [0.2, 0.25) is 0 Å². The molecule has 0 aliphatic carbocycles. The molecule has 10 nitrogen and oxygen atoms in total. The number of rotatable bonds is 6. The predicted octanol–water partition coefficient (Wildman–Crippen LogP) is 1.55. The number of aromatic nitrogens is 4. The average Bonchev–Trinajstić information content (AvgIpc) is 3.18. The molecule has 1 aromatic heterocycles. The van der Waals surface area contributed by atoms with Gasteiger partial charge >= 0.3 is 5.97 Å². The normalized spacial score (nSPS) is 15.7. The highest BCUT2D eigenvalue weighted by Gasteiger charge is 2.37. The van der Waals surface area contributed by atoms with Crippen molar-refractivity contribution in [3.05, 3.63) is 29.0 Å². The van der Waals surface area contributed by atoms with Crippen LogP contribution >= 0.6 is 0 Å². The molecule has 1 aromatic carbocycles. The Kier molecular flexibility index (Phi) is 5.15. The summed E-state index contributed by atoms with van der Waals surface area (Å²) in [7, 11) is 5.94. The van der Waals surface area contributed by atoms with Gasteiger partial charge in [-0.25, -0.2) is 4.79 Å². The van der Waals surface area contributed by atoms with Crippen molar-refractivity contribution in [2.45, 2.75) is 19.4 Å². The number of methoxy groups -OCH3 is 4. The van der Waals surface area contributed by atoms with Gasteiger partial charge in [0.05, 0.1) is 34.0 Å². The maximum absolute atomic E-state index is 12.6. The van der Waals surface area contributed by atoms with Crippen LogP contribution in [0.4, 0.5) is 5.95 Å². The highest BCUT2D eigenvalue weighted by atomic mass is 16.5. The largest absolute Gasteiger partial charge is 0.496 e. The summed E-state index contributed by atoms with van der Waals surface area (Å²) in [5.74, 6) is 1.42. The number of nitrogens with zero attached hydrogens (tertiary/aromatic N) is 4. The molecule has 0 bridgehead atoms. The van der Waals surface area contributed by atoms with Gasteiger partial charge in [-0.15, -0.1) is 0 Å². The molecular formula is C17H21N5O5. The van der Waals surface area contributed by atoms with Gasteiger partial charge in [-0.1, -0.05) is 12.0 Å². The molecule has 0 saturated heterocycles. The molecule has 1 N–H and O–H groups in total. The Hall–Kier alpha value is -3.30. The number of benzene rings is 1. The number of allylic oxidation sites excluding steroid dienone is 1. The zero-order valence-corrected chi connectivity index (χ0v) is 15.8. The first-order chi connectivity index (χ1) is 13.1. The fraction of sp³-hybridized carbons (Fsp3) is 0.412. The number of anilines is 1. The molecule has 0 saturated carbocycles. The molecule has 0 amide bonds. The Morgan fingerprint density at radius 2 is 1.78 bits per heavy atom. The molecule has 0 unspecified atom stereocenters. The number of carbonyl (C=O) groups excluding carboxylic acids is 1. The molecule has 2 heterocycles. The van der Waals surface area contributed by atoms with E-state index in [2.05, 4.69) is 20.8 Å². The van der Waals surface area contributed by atoms with Crippen molar-refractivity contribution in [2.75, 3.05) is 33.8 Å². The molecule has 0 fully saturated rings. The van der Waals surface area contributed by atoms with Crippen LogP contribution in [0.3, 0.4) is 0 Å². The van der Waals surface area contributed by atoms with Crippen LogP contribution in [0.15, 0.2) is 23.4 Å². The SMILES string of the molecule is CCC1=C(C(=O)OC)[C@H](c2cc(OC)c(OC)cc2OC)n2nnnc2N1. The lowest BCUT2D eigenvalue weighted by Gasteiger charge is -2.29. The van der Waals surface area contributed by atoms with Gasteiger partial charge < -0.3 is 24.3 Å². The number of carbonyl (C=O) groups is 1. The Bertz CT molecular complexity index is 892. The van der Waals surface area contributed by atoms with Crippen LogP contribution in [0, 0.1) is 0 Å². The van der Waals surface area contributed by atoms with Gasteiger partial charge in [0, 0.05) is 17.3 Å². The molecule has 1 aliphatic rings. The predicted molar refractivity (Wildman–Crippen MR) is 95.0 cm³/mol. The van der Waals surface area contributed by atoms with E-state index in [1.807, 2.05) is 6.92 Å². The van der Waals surface area contributed by atoms with Crippen LogP contribution < -0.4 is 19.5 Å². The van der Waals surface area contributed by atoms with Crippen molar-refractivity contribution in [1.82, 2.24) is 20.2 Å². The summed E-state index contributed by atoms with van der Waals surface area (Å²) in [6.45, 7) is 1.92. The van der Waals surface area contributed by atoms with Crippen molar-refractivity contribution < 1.29 is 23.7 Å².